The first-order chi connectivity index (χ1) is 7.72. The van der Waals surface area contributed by atoms with E-state index in [4.69, 9.17) is 0 Å². The lowest BCUT2D eigenvalue weighted by Gasteiger charge is -2.00. The molecular weight excluding hydrogens is 288 g/mol. The maximum Gasteiger partial charge on any atom is 0.251 e. The molecule has 0 aliphatic heterocycles. The van der Waals surface area contributed by atoms with Crippen molar-refractivity contribution in [3.8, 4) is 10.7 Å². The van der Waals surface area contributed by atoms with Gasteiger partial charge in [-0.3, -0.25) is 4.79 Å². The maximum atomic E-state index is 11.5. The fourth-order valence-electron chi connectivity index (χ4n) is 1.62. The van der Waals surface area contributed by atoms with Crippen molar-refractivity contribution in [1.82, 2.24) is 9.97 Å². The Morgan fingerprint density at radius 2 is 2.25 bits per heavy atom. The van der Waals surface area contributed by atoms with Crippen LogP contribution in [0.25, 0.3) is 10.7 Å². The largest absolute Gasteiger partial charge is 0.306 e. The van der Waals surface area contributed by atoms with Gasteiger partial charge in [-0.1, -0.05) is 0 Å². The number of aromatic nitrogens is 2. The zero-order valence-electron chi connectivity index (χ0n) is 8.37. The molecular formula is C11H9BrN2OS. The quantitative estimate of drug-likeness (QED) is 0.925. The van der Waals surface area contributed by atoms with Crippen LogP contribution in [0.4, 0.5) is 0 Å². The van der Waals surface area contributed by atoms with E-state index in [0.717, 1.165) is 27.2 Å². The Morgan fingerprint density at radius 1 is 1.44 bits per heavy atom. The van der Waals surface area contributed by atoms with Gasteiger partial charge in [-0.05, 0) is 40.9 Å². The monoisotopic (exact) mass is 296 g/mol. The first-order valence-electron chi connectivity index (χ1n) is 5.09. The van der Waals surface area contributed by atoms with E-state index in [1.54, 1.807) is 17.4 Å². The van der Waals surface area contributed by atoms with E-state index in [1.807, 2.05) is 12.1 Å². The zero-order chi connectivity index (χ0) is 11.1. The predicted molar refractivity (Wildman–Crippen MR) is 67.8 cm³/mol. The molecule has 2 aromatic heterocycles. The summed E-state index contributed by atoms with van der Waals surface area (Å²) in [5.74, 6) is 1.19. The van der Waals surface area contributed by atoms with Crippen LogP contribution in [0.3, 0.4) is 0 Å². The van der Waals surface area contributed by atoms with Crippen LogP contribution < -0.4 is 5.56 Å². The number of hydrogen-bond acceptors (Lipinski definition) is 3. The van der Waals surface area contributed by atoms with Crippen molar-refractivity contribution in [3.05, 3.63) is 38.0 Å². The summed E-state index contributed by atoms with van der Waals surface area (Å²) in [7, 11) is 0. The highest BCUT2D eigenvalue weighted by Gasteiger charge is 2.26. The Balaban J connectivity index is 2.09. The summed E-state index contributed by atoms with van der Waals surface area (Å²) in [6.45, 7) is 0. The maximum absolute atomic E-state index is 11.5. The smallest absolute Gasteiger partial charge is 0.251 e. The highest BCUT2D eigenvalue weighted by atomic mass is 79.9. The second kappa shape index (κ2) is 3.82. The molecule has 0 atom stereocenters. The molecule has 0 radical (unpaired) electrons. The fourth-order valence-corrected chi connectivity index (χ4v) is 2.95. The standard InChI is InChI=1S/C11H9BrN2OS/c12-9-4-3-8(16-9)11-13-7(6-1-2-6)5-10(15)14-11/h3-6H,1-2H2,(H,13,14,15). The normalized spacial score (nSPS) is 15.3. The minimum Gasteiger partial charge on any atom is -0.306 e. The van der Waals surface area contributed by atoms with Gasteiger partial charge in [-0.2, -0.15) is 0 Å². The molecule has 82 valence electrons. The van der Waals surface area contributed by atoms with E-state index in [1.165, 1.54) is 0 Å². The molecule has 5 heteroatoms. The topological polar surface area (TPSA) is 45.8 Å². The summed E-state index contributed by atoms with van der Waals surface area (Å²) in [5.41, 5.74) is 0.875. The highest BCUT2D eigenvalue weighted by Crippen LogP contribution is 2.39. The molecule has 2 heterocycles. The molecule has 0 spiro atoms. The van der Waals surface area contributed by atoms with Crippen LogP contribution in [0, 0.1) is 0 Å². The lowest BCUT2D eigenvalue weighted by Crippen LogP contribution is -2.09. The van der Waals surface area contributed by atoms with Crippen LogP contribution in [-0.2, 0) is 0 Å². The van der Waals surface area contributed by atoms with Crippen LogP contribution in [0.15, 0.2) is 26.8 Å². The molecule has 0 aromatic carbocycles. The van der Waals surface area contributed by atoms with Crippen molar-refractivity contribution in [2.45, 2.75) is 18.8 Å². The Morgan fingerprint density at radius 3 is 2.88 bits per heavy atom. The number of H-pyrrole nitrogens is 1. The molecule has 1 aliphatic rings. The molecule has 0 amide bonds. The van der Waals surface area contributed by atoms with Crippen LogP contribution in [0.1, 0.15) is 24.5 Å². The van der Waals surface area contributed by atoms with Crippen LogP contribution in [0.5, 0.6) is 0 Å². The summed E-state index contributed by atoms with van der Waals surface area (Å²) in [6.07, 6.45) is 2.31. The Hall–Kier alpha value is -0.940. The average molecular weight is 297 g/mol. The van der Waals surface area contributed by atoms with Crippen LogP contribution >= 0.6 is 27.3 Å². The van der Waals surface area contributed by atoms with Crippen molar-refractivity contribution < 1.29 is 0 Å². The molecule has 2 aromatic rings. The van der Waals surface area contributed by atoms with Crippen LogP contribution in [-0.4, -0.2) is 9.97 Å². The molecule has 1 N–H and O–H groups in total. The van der Waals surface area contributed by atoms with E-state index in [9.17, 15) is 4.79 Å². The van der Waals surface area contributed by atoms with Gasteiger partial charge in [0.05, 0.1) is 14.4 Å². The fraction of sp³-hybridized carbons (Fsp3) is 0.273. The molecule has 0 saturated heterocycles. The van der Waals surface area contributed by atoms with Gasteiger partial charge in [0.1, 0.15) is 0 Å². The van der Waals surface area contributed by atoms with Gasteiger partial charge in [0.25, 0.3) is 5.56 Å². The second-order valence-electron chi connectivity index (χ2n) is 3.90. The summed E-state index contributed by atoms with van der Waals surface area (Å²) in [6, 6.07) is 5.54. The number of rotatable bonds is 2. The number of hydrogen-bond donors (Lipinski definition) is 1. The van der Waals surface area contributed by atoms with Gasteiger partial charge in [-0.25, -0.2) is 4.98 Å². The number of thiophene rings is 1. The minimum atomic E-state index is -0.0589. The number of nitrogens with zero attached hydrogens (tertiary/aromatic N) is 1. The third-order valence-electron chi connectivity index (χ3n) is 2.56. The Bertz CT molecular complexity index is 586. The number of aromatic amines is 1. The third kappa shape index (κ3) is 1.97. The van der Waals surface area contributed by atoms with Gasteiger partial charge in [0.2, 0.25) is 0 Å². The van der Waals surface area contributed by atoms with Crippen molar-refractivity contribution in [3.63, 3.8) is 0 Å². The third-order valence-corrected chi connectivity index (χ3v) is 4.19. The van der Waals surface area contributed by atoms with Gasteiger partial charge in [0, 0.05) is 12.0 Å². The van der Waals surface area contributed by atoms with Crippen molar-refractivity contribution in [1.29, 1.82) is 0 Å². The minimum absolute atomic E-state index is 0.0589. The number of halogens is 1. The molecule has 0 bridgehead atoms. The molecule has 0 unspecified atom stereocenters. The van der Waals surface area contributed by atoms with E-state index < -0.39 is 0 Å². The van der Waals surface area contributed by atoms with Gasteiger partial charge < -0.3 is 4.98 Å². The van der Waals surface area contributed by atoms with Gasteiger partial charge in [-0.15, -0.1) is 11.3 Å². The molecule has 1 aliphatic carbocycles. The predicted octanol–water partition coefficient (Wildman–Crippen LogP) is 3.14. The van der Waals surface area contributed by atoms with Crippen LogP contribution in [0.2, 0.25) is 0 Å². The average Bonchev–Trinajstić information content (AvgIpc) is 3.01. The lowest BCUT2D eigenvalue weighted by atomic mass is 10.3. The second-order valence-corrected chi connectivity index (χ2v) is 6.36. The first kappa shape index (κ1) is 10.2. The van der Waals surface area contributed by atoms with E-state index >= 15 is 0 Å². The zero-order valence-corrected chi connectivity index (χ0v) is 10.8. The van der Waals surface area contributed by atoms with Gasteiger partial charge in [0.15, 0.2) is 5.82 Å². The molecule has 16 heavy (non-hydrogen) atoms. The molecule has 1 saturated carbocycles. The van der Waals surface area contributed by atoms with Crippen molar-refractivity contribution in [2.75, 3.05) is 0 Å². The molecule has 3 rings (SSSR count). The molecule has 1 fully saturated rings. The first-order valence-corrected chi connectivity index (χ1v) is 6.70. The van der Waals surface area contributed by atoms with Gasteiger partial charge >= 0.3 is 0 Å². The highest BCUT2D eigenvalue weighted by molar-refractivity contribution is 9.11. The summed E-state index contributed by atoms with van der Waals surface area (Å²) in [4.78, 5) is 19.8. The summed E-state index contributed by atoms with van der Waals surface area (Å²) in [5, 5.41) is 0. The SMILES string of the molecule is O=c1cc(C2CC2)nc(-c2ccc(Br)s2)[nH]1. The molecule has 3 nitrogen and oxygen atoms in total. The van der Waals surface area contributed by atoms with Crippen molar-refractivity contribution >= 4 is 27.3 Å². The summed E-state index contributed by atoms with van der Waals surface area (Å²) < 4.78 is 1.04. The summed E-state index contributed by atoms with van der Waals surface area (Å²) >= 11 is 4.98. The Labute approximate surface area is 105 Å². The van der Waals surface area contributed by atoms with Crippen molar-refractivity contribution in [2.24, 2.45) is 0 Å². The Kier molecular flexibility index (Phi) is 2.44. The lowest BCUT2D eigenvalue weighted by molar-refractivity contribution is 0.979. The van der Waals surface area contributed by atoms with E-state index in [2.05, 4.69) is 25.9 Å². The number of nitrogens with one attached hydrogen (secondary N) is 1. The van der Waals surface area contributed by atoms with E-state index in [-0.39, 0.29) is 5.56 Å². The van der Waals surface area contributed by atoms with E-state index in [0.29, 0.717) is 11.7 Å².